The molecule has 0 aromatic heterocycles. The zero-order valence-electron chi connectivity index (χ0n) is 17.8. The van der Waals surface area contributed by atoms with Gasteiger partial charge in [-0.25, -0.2) is 4.79 Å². The smallest absolute Gasteiger partial charge is 0.326 e. The minimum Gasteiger partial charge on any atom is -0.480 e. The second-order valence-corrected chi connectivity index (χ2v) is 10.1. The molecular formula is C20H35N3O4S. The fraction of sp³-hybridized carbons (Fsp3) is 0.850. The summed E-state index contributed by atoms with van der Waals surface area (Å²) in [5.41, 5.74) is -0.739. The molecule has 0 aromatic carbocycles. The van der Waals surface area contributed by atoms with Crippen molar-refractivity contribution < 1.29 is 19.5 Å². The van der Waals surface area contributed by atoms with E-state index >= 15 is 0 Å². The largest absolute Gasteiger partial charge is 0.480 e. The molecule has 2 atom stereocenters. The Labute approximate surface area is 172 Å². The molecular weight excluding hydrogens is 378 g/mol. The van der Waals surface area contributed by atoms with Gasteiger partial charge in [-0.3, -0.25) is 14.9 Å². The second kappa shape index (κ2) is 9.03. The first-order valence-corrected chi connectivity index (χ1v) is 11.5. The van der Waals surface area contributed by atoms with Crippen molar-refractivity contribution in [2.24, 2.45) is 5.41 Å². The molecule has 1 spiro atoms. The molecule has 160 valence electrons. The van der Waals surface area contributed by atoms with Crippen molar-refractivity contribution in [2.45, 2.75) is 77.5 Å². The SMILES string of the molecule is CCC(C(=O)O)N1C(=O)C(CCSC)NC12CCN(C(=O)CC(C)(C)C)CC2. The molecule has 0 aromatic rings. The average molecular weight is 414 g/mol. The lowest BCUT2D eigenvalue weighted by Gasteiger charge is -2.46. The molecule has 2 aliphatic heterocycles. The van der Waals surface area contributed by atoms with Crippen molar-refractivity contribution in [3.05, 3.63) is 0 Å². The van der Waals surface area contributed by atoms with Gasteiger partial charge in [0.15, 0.2) is 0 Å². The zero-order chi connectivity index (χ0) is 21.1. The number of likely N-dealkylation sites (tertiary alicyclic amines) is 1. The lowest BCUT2D eigenvalue weighted by molar-refractivity contribution is -0.155. The van der Waals surface area contributed by atoms with E-state index in [4.69, 9.17) is 0 Å². The molecule has 0 saturated carbocycles. The highest BCUT2D eigenvalue weighted by molar-refractivity contribution is 7.98. The second-order valence-electron chi connectivity index (χ2n) is 9.10. The summed E-state index contributed by atoms with van der Waals surface area (Å²) in [7, 11) is 0. The lowest BCUT2D eigenvalue weighted by Crippen LogP contribution is -2.63. The predicted molar refractivity (Wildman–Crippen MR) is 111 cm³/mol. The van der Waals surface area contributed by atoms with Gasteiger partial charge in [-0.1, -0.05) is 27.7 Å². The summed E-state index contributed by atoms with van der Waals surface area (Å²) in [6, 6.07) is -1.19. The Morgan fingerprint density at radius 3 is 2.39 bits per heavy atom. The van der Waals surface area contributed by atoms with Crippen molar-refractivity contribution in [3.63, 3.8) is 0 Å². The maximum atomic E-state index is 13.1. The molecule has 2 N–H and O–H groups in total. The number of piperidine rings is 1. The van der Waals surface area contributed by atoms with Crippen LogP contribution in [0.15, 0.2) is 0 Å². The van der Waals surface area contributed by atoms with Gasteiger partial charge in [0.2, 0.25) is 11.8 Å². The Hall–Kier alpha value is -1.28. The molecule has 2 aliphatic rings. The van der Waals surface area contributed by atoms with Crippen LogP contribution in [0.3, 0.4) is 0 Å². The first kappa shape index (κ1) is 23.0. The van der Waals surface area contributed by atoms with E-state index in [0.29, 0.717) is 45.2 Å². The highest BCUT2D eigenvalue weighted by atomic mass is 32.2. The van der Waals surface area contributed by atoms with Crippen molar-refractivity contribution in [2.75, 3.05) is 25.1 Å². The topological polar surface area (TPSA) is 89.9 Å². The summed E-state index contributed by atoms with van der Waals surface area (Å²) in [6.07, 6.45) is 4.66. The molecule has 2 heterocycles. The molecule has 28 heavy (non-hydrogen) atoms. The monoisotopic (exact) mass is 413 g/mol. The number of carboxylic acid groups (broad SMARTS) is 1. The Morgan fingerprint density at radius 2 is 1.93 bits per heavy atom. The summed E-state index contributed by atoms with van der Waals surface area (Å²) < 4.78 is 0. The molecule has 0 bridgehead atoms. The first-order chi connectivity index (χ1) is 13.0. The molecule has 0 radical (unpaired) electrons. The zero-order valence-corrected chi connectivity index (χ0v) is 18.6. The number of aliphatic carboxylic acids is 1. The lowest BCUT2D eigenvalue weighted by atomic mass is 9.89. The van der Waals surface area contributed by atoms with Gasteiger partial charge < -0.3 is 14.9 Å². The average Bonchev–Trinajstić information content (AvgIpc) is 2.85. The molecule has 8 heteroatoms. The van der Waals surface area contributed by atoms with E-state index in [9.17, 15) is 19.5 Å². The normalized spacial score (nSPS) is 23.3. The summed E-state index contributed by atoms with van der Waals surface area (Å²) in [6.45, 7) is 9.02. The van der Waals surface area contributed by atoms with E-state index < -0.39 is 17.7 Å². The van der Waals surface area contributed by atoms with Crippen LogP contribution in [0.2, 0.25) is 0 Å². The van der Waals surface area contributed by atoms with Gasteiger partial charge in [-0.2, -0.15) is 11.8 Å². The Bertz CT molecular complexity index is 597. The number of amides is 2. The van der Waals surface area contributed by atoms with Gasteiger partial charge in [0.05, 0.1) is 11.7 Å². The maximum absolute atomic E-state index is 13.1. The Balaban J connectivity index is 2.19. The quantitative estimate of drug-likeness (QED) is 0.665. The minimum atomic E-state index is -0.964. The van der Waals surface area contributed by atoms with Crippen molar-refractivity contribution >= 4 is 29.5 Å². The van der Waals surface area contributed by atoms with Crippen LogP contribution in [-0.2, 0) is 14.4 Å². The van der Waals surface area contributed by atoms with Crippen molar-refractivity contribution in [1.29, 1.82) is 0 Å². The van der Waals surface area contributed by atoms with Crippen LogP contribution >= 0.6 is 11.8 Å². The molecule has 0 aliphatic carbocycles. The third-order valence-corrected chi connectivity index (χ3v) is 6.30. The van der Waals surface area contributed by atoms with Gasteiger partial charge in [0, 0.05) is 32.4 Å². The predicted octanol–water partition coefficient (Wildman–Crippen LogP) is 2.16. The number of carbonyl (C=O) groups excluding carboxylic acids is 2. The number of hydrogen-bond donors (Lipinski definition) is 2. The highest BCUT2D eigenvalue weighted by Crippen LogP contribution is 2.36. The summed E-state index contributed by atoms with van der Waals surface area (Å²) in [5.74, 6) is -0.109. The first-order valence-electron chi connectivity index (χ1n) is 10.1. The van der Waals surface area contributed by atoms with E-state index in [0.717, 1.165) is 5.75 Å². The van der Waals surface area contributed by atoms with Crippen LogP contribution in [0.1, 0.15) is 59.8 Å². The number of nitrogens with one attached hydrogen (secondary N) is 1. The fourth-order valence-electron chi connectivity index (χ4n) is 4.26. The Morgan fingerprint density at radius 1 is 1.32 bits per heavy atom. The summed E-state index contributed by atoms with van der Waals surface area (Å²) >= 11 is 1.68. The van der Waals surface area contributed by atoms with Gasteiger partial charge >= 0.3 is 5.97 Å². The summed E-state index contributed by atoms with van der Waals surface area (Å²) in [4.78, 5) is 41.0. The summed E-state index contributed by atoms with van der Waals surface area (Å²) in [5, 5.41) is 13.2. The van der Waals surface area contributed by atoms with Gasteiger partial charge in [-0.15, -0.1) is 0 Å². The van der Waals surface area contributed by atoms with Crippen LogP contribution in [0.5, 0.6) is 0 Å². The van der Waals surface area contributed by atoms with Crippen LogP contribution in [0.4, 0.5) is 0 Å². The third kappa shape index (κ3) is 5.00. The molecule has 2 amide bonds. The number of thioether (sulfide) groups is 1. The van der Waals surface area contributed by atoms with Crippen molar-refractivity contribution in [1.82, 2.24) is 15.1 Å². The maximum Gasteiger partial charge on any atom is 0.326 e. The van der Waals surface area contributed by atoms with E-state index in [1.165, 1.54) is 0 Å². The standard InChI is InChI=1S/C20H35N3O4S/c1-6-15(18(26)27)23-17(25)14(7-12-28-5)21-20(23)8-10-22(11-9-20)16(24)13-19(2,3)4/h14-15,21H,6-13H2,1-5H3,(H,26,27). The van der Waals surface area contributed by atoms with Crippen LogP contribution in [-0.4, -0.2) is 75.5 Å². The highest BCUT2D eigenvalue weighted by Gasteiger charge is 2.55. The van der Waals surface area contributed by atoms with E-state index in [2.05, 4.69) is 5.32 Å². The number of nitrogens with zero attached hydrogens (tertiary/aromatic N) is 2. The minimum absolute atomic E-state index is 0.0701. The van der Waals surface area contributed by atoms with E-state index in [1.54, 1.807) is 23.6 Å². The van der Waals surface area contributed by atoms with E-state index in [1.807, 2.05) is 31.9 Å². The third-order valence-electron chi connectivity index (χ3n) is 5.66. The molecule has 2 rings (SSSR count). The van der Waals surface area contributed by atoms with Crippen LogP contribution in [0.25, 0.3) is 0 Å². The number of hydrogen-bond acceptors (Lipinski definition) is 5. The van der Waals surface area contributed by atoms with Gasteiger partial charge in [0.25, 0.3) is 0 Å². The number of carboxylic acids is 1. The number of rotatable bonds is 7. The molecule has 2 fully saturated rings. The Kier molecular flexibility index (Phi) is 7.42. The molecule has 2 unspecified atom stereocenters. The van der Waals surface area contributed by atoms with Crippen LogP contribution in [0, 0.1) is 5.41 Å². The number of carbonyl (C=O) groups is 3. The van der Waals surface area contributed by atoms with Crippen LogP contribution < -0.4 is 5.32 Å². The van der Waals surface area contributed by atoms with Gasteiger partial charge in [-0.05, 0) is 30.3 Å². The van der Waals surface area contributed by atoms with Crippen molar-refractivity contribution in [3.8, 4) is 0 Å². The van der Waals surface area contributed by atoms with E-state index in [-0.39, 0.29) is 23.3 Å². The van der Waals surface area contributed by atoms with Gasteiger partial charge in [0.1, 0.15) is 6.04 Å². The molecule has 2 saturated heterocycles. The molecule has 7 nitrogen and oxygen atoms in total. The fourth-order valence-corrected chi connectivity index (χ4v) is 4.73.